The third kappa shape index (κ3) is 3.81. The summed E-state index contributed by atoms with van der Waals surface area (Å²) >= 11 is 0. The fourth-order valence-corrected chi connectivity index (χ4v) is 3.87. The van der Waals surface area contributed by atoms with Gasteiger partial charge in [-0.15, -0.1) is 0 Å². The van der Waals surface area contributed by atoms with Crippen LogP contribution in [0.2, 0.25) is 0 Å². The predicted molar refractivity (Wildman–Crippen MR) is 78.1 cm³/mol. The van der Waals surface area contributed by atoms with Crippen LogP contribution in [-0.2, 0) is 14.6 Å². The highest BCUT2D eigenvalue weighted by molar-refractivity contribution is 7.91. The Morgan fingerprint density at radius 1 is 1.24 bits per heavy atom. The van der Waals surface area contributed by atoms with E-state index in [-0.39, 0.29) is 28.9 Å². The van der Waals surface area contributed by atoms with Crippen molar-refractivity contribution in [2.75, 3.05) is 16.8 Å². The van der Waals surface area contributed by atoms with Crippen LogP contribution < -0.4 is 5.32 Å². The van der Waals surface area contributed by atoms with Crippen LogP contribution >= 0.6 is 0 Å². The van der Waals surface area contributed by atoms with Crippen LogP contribution in [0.5, 0.6) is 0 Å². The fraction of sp³-hybridized carbons (Fsp3) is 0.429. The lowest BCUT2D eigenvalue weighted by molar-refractivity contribution is -0.120. The molecule has 1 heterocycles. The van der Waals surface area contributed by atoms with Gasteiger partial charge in [-0.3, -0.25) is 4.79 Å². The van der Waals surface area contributed by atoms with Crippen LogP contribution in [-0.4, -0.2) is 36.9 Å². The zero-order chi connectivity index (χ0) is 15.6. The number of carboxylic acids is 1. The largest absolute Gasteiger partial charge is 0.478 e. The predicted octanol–water partition coefficient (Wildman–Crippen LogP) is 1.46. The quantitative estimate of drug-likeness (QED) is 0.880. The third-order valence-corrected chi connectivity index (χ3v) is 5.37. The van der Waals surface area contributed by atoms with Gasteiger partial charge in [-0.05, 0) is 43.5 Å². The van der Waals surface area contributed by atoms with Gasteiger partial charge in [-0.25, -0.2) is 13.2 Å². The van der Waals surface area contributed by atoms with E-state index >= 15 is 0 Å². The Balaban J connectivity index is 2.03. The molecule has 1 amide bonds. The Morgan fingerprint density at radius 3 is 2.38 bits per heavy atom. The standard InChI is InChI=1S/C14H17NO5S/c1-9-8-11(2-3-12(9)14(17)18)15-13(16)10-4-6-21(19,20)7-5-10/h2-3,8,10H,4-7H2,1H3,(H,15,16)(H,17,18). The van der Waals surface area contributed by atoms with Crippen LogP contribution in [0, 0.1) is 12.8 Å². The Kier molecular flexibility index (Phi) is 4.32. The van der Waals surface area contributed by atoms with Crippen molar-refractivity contribution in [3.63, 3.8) is 0 Å². The van der Waals surface area contributed by atoms with E-state index < -0.39 is 15.8 Å². The van der Waals surface area contributed by atoms with E-state index in [1.807, 2.05) is 0 Å². The van der Waals surface area contributed by atoms with E-state index in [1.54, 1.807) is 13.0 Å². The molecular formula is C14H17NO5S. The highest BCUT2D eigenvalue weighted by Crippen LogP contribution is 2.22. The van der Waals surface area contributed by atoms with Gasteiger partial charge in [-0.2, -0.15) is 0 Å². The monoisotopic (exact) mass is 311 g/mol. The summed E-state index contributed by atoms with van der Waals surface area (Å²) in [6.45, 7) is 1.66. The maximum atomic E-state index is 12.1. The topological polar surface area (TPSA) is 101 Å². The van der Waals surface area contributed by atoms with Crippen molar-refractivity contribution in [3.8, 4) is 0 Å². The fourth-order valence-electron chi connectivity index (χ4n) is 2.38. The third-order valence-electron chi connectivity index (χ3n) is 3.65. The van der Waals surface area contributed by atoms with Crippen LogP contribution in [0.15, 0.2) is 18.2 Å². The highest BCUT2D eigenvalue weighted by Gasteiger charge is 2.28. The first-order valence-corrected chi connectivity index (χ1v) is 8.46. The minimum Gasteiger partial charge on any atom is -0.478 e. The summed E-state index contributed by atoms with van der Waals surface area (Å²) in [5.74, 6) is -1.45. The van der Waals surface area contributed by atoms with Gasteiger partial charge in [0.05, 0.1) is 17.1 Å². The zero-order valence-corrected chi connectivity index (χ0v) is 12.4. The summed E-state index contributed by atoms with van der Waals surface area (Å²) in [5.41, 5.74) is 1.28. The van der Waals surface area contributed by atoms with E-state index in [2.05, 4.69) is 5.32 Å². The second-order valence-corrected chi connectivity index (χ2v) is 7.55. The van der Waals surface area contributed by atoms with Crippen molar-refractivity contribution < 1.29 is 23.1 Å². The molecule has 7 heteroatoms. The molecule has 0 atom stereocenters. The van der Waals surface area contributed by atoms with Gasteiger partial charge in [0, 0.05) is 11.6 Å². The maximum Gasteiger partial charge on any atom is 0.335 e. The van der Waals surface area contributed by atoms with Crippen LogP contribution in [0.25, 0.3) is 0 Å². The number of anilines is 1. The number of amides is 1. The van der Waals surface area contributed by atoms with Crippen LogP contribution in [0.1, 0.15) is 28.8 Å². The molecule has 1 aliphatic heterocycles. The molecule has 0 bridgehead atoms. The smallest absolute Gasteiger partial charge is 0.335 e. The van der Waals surface area contributed by atoms with Gasteiger partial charge in [0.1, 0.15) is 9.84 Å². The number of carbonyl (C=O) groups excluding carboxylic acids is 1. The lowest BCUT2D eigenvalue weighted by Gasteiger charge is -2.21. The number of nitrogens with one attached hydrogen (secondary N) is 1. The molecule has 1 aromatic carbocycles. The van der Waals surface area contributed by atoms with Gasteiger partial charge >= 0.3 is 5.97 Å². The average Bonchev–Trinajstić information content (AvgIpc) is 2.38. The van der Waals surface area contributed by atoms with Crippen molar-refractivity contribution >= 4 is 27.4 Å². The Bertz CT molecular complexity index is 667. The molecular weight excluding hydrogens is 294 g/mol. The maximum absolute atomic E-state index is 12.1. The second kappa shape index (κ2) is 5.85. The summed E-state index contributed by atoms with van der Waals surface area (Å²) in [6, 6.07) is 4.58. The molecule has 2 rings (SSSR count). The van der Waals surface area contributed by atoms with Gasteiger partial charge in [-0.1, -0.05) is 0 Å². The van der Waals surface area contributed by atoms with E-state index in [1.165, 1.54) is 12.1 Å². The molecule has 6 nitrogen and oxygen atoms in total. The minimum atomic E-state index is -2.99. The number of hydrogen-bond donors (Lipinski definition) is 2. The lowest BCUT2D eigenvalue weighted by atomic mass is 10.0. The van der Waals surface area contributed by atoms with Crippen LogP contribution in [0.4, 0.5) is 5.69 Å². The Hall–Kier alpha value is -1.89. The number of aromatic carboxylic acids is 1. The number of benzene rings is 1. The van der Waals surface area contributed by atoms with Gasteiger partial charge in [0.25, 0.3) is 0 Å². The molecule has 1 aromatic rings. The van der Waals surface area contributed by atoms with E-state index in [4.69, 9.17) is 5.11 Å². The summed E-state index contributed by atoms with van der Waals surface area (Å²) in [5, 5.41) is 11.7. The summed E-state index contributed by atoms with van der Waals surface area (Å²) < 4.78 is 22.7. The second-order valence-electron chi connectivity index (χ2n) is 5.25. The van der Waals surface area contributed by atoms with E-state index in [9.17, 15) is 18.0 Å². The minimum absolute atomic E-state index is 0.0437. The van der Waals surface area contributed by atoms with Crippen molar-refractivity contribution in [1.29, 1.82) is 0 Å². The molecule has 0 radical (unpaired) electrons. The number of rotatable bonds is 3. The number of carboxylic acid groups (broad SMARTS) is 1. The summed E-state index contributed by atoms with van der Waals surface area (Å²) in [4.78, 5) is 23.0. The molecule has 0 aromatic heterocycles. The number of aryl methyl sites for hydroxylation is 1. The van der Waals surface area contributed by atoms with E-state index in [0.29, 0.717) is 24.1 Å². The Labute approximate surface area is 123 Å². The molecule has 1 saturated heterocycles. The Morgan fingerprint density at radius 2 is 1.86 bits per heavy atom. The average molecular weight is 311 g/mol. The number of carbonyl (C=O) groups is 2. The SMILES string of the molecule is Cc1cc(NC(=O)C2CCS(=O)(=O)CC2)ccc1C(=O)O. The normalized spacial score (nSPS) is 18.1. The van der Waals surface area contributed by atoms with Crippen molar-refractivity contribution in [3.05, 3.63) is 29.3 Å². The van der Waals surface area contributed by atoms with Crippen LogP contribution in [0.3, 0.4) is 0 Å². The lowest BCUT2D eigenvalue weighted by Crippen LogP contribution is -2.31. The molecule has 0 unspecified atom stereocenters. The van der Waals surface area contributed by atoms with Gasteiger partial charge < -0.3 is 10.4 Å². The van der Waals surface area contributed by atoms with Gasteiger partial charge in [0.15, 0.2) is 0 Å². The molecule has 1 aliphatic rings. The zero-order valence-electron chi connectivity index (χ0n) is 11.6. The molecule has 0 aliphatic carbocycles. The number of sulfone groups is 1. The molecule has 0 spiro atoms. The van der Waals surface area contributed by atoms with E-state index in [0.717, 1.165) is 0 Å². The summed E-state index contributed by atoms with van der Waals surface area (Å²) in [7, 11) is -2.99. The van der Waals surface area contributed by atoms with Gasteiger partial charge in [0.2, 0.25) is 5.91 Å². The molecule has 114 valence electrons. The first-order chi connectivity index (χ1) is 9.78. The first kappa shape index (κ1) is 15.5. The van der Waals surface area contributed by atoms with Crippen molar-refractivity contribution in [2.24, 2.45) is 5.92 Å². The molecule has 2 N–H and O–H groups in total. The van der Waals surface area contributed by atoms with Crippen molar-refractivity contribution in [2.45, 2.75) is 19.8 Å². The number of hydrogen-bond acceptors (Lipinski definition) is 4. The molecule has 0 saturated carbocycles. The summed E-state index contributed by atoms with van der Waals surface area (Å²) in [6.07, 6.45) is 0.667. The van der Waals surface area contributed by atoms with Crippen molar-refractivity contribution in [1.82, 2.24) is 0 Å². The molecule has 1 fully saturated rings. The molecule has 21 heavy (non-hydrogen) atoms. The first-order valence-electron chi connectivity index (χ1n) is 6.64. The highest BCUT2D eigenvalue weighted by atomic mass is 32.2.